The fraction of sp³-hybridized carbons (Fsp3) is 0.229. The molecule has 0 saturated heterocycles. The van der Waals surface area contributed by atoms with Crippen molar-refractivity contribution < 1.29 is 84.8 Å². The van der Waals surface area contributed by atoms with Crippen molar-refractivity contribution in [3.05, 3.63) is 254 Å². The Kier molecular flexibility index (Phi) is 40.2. The molecule has 4 heterocycles. The maximum atomic E-state index is 11.3. The molecule has 27 heteroatoms. The van der Waals surface area contributed by atoms with Gasteiger partial charge in [0.15, 0.2) is 28.4 Å². The largest absolute Gasteiger partial charge is 1.00 e. The standard InChI is InChI=1S/C11H13ClO2.C11H14O3.C10H7N7O.C10H9NO2.C9H9BrO2.C9H9NO.C9H10O3.CN.Cu/c2*1-2-14-11(13)10-5-3-9(4-6-10)7-8-12;11-10-14-7-5(4-12-15-7)9-13-8(16-17(9)10)6-2-1-3-18-6;1-11-9-5-3-8(4-6-9)7-10(12)13-2;1-12-9(11)6-7-2-4-8(10)5-3-7;1-10-9-4-2-8(3-5-9)6-7-11;10-6-5-7-1-3-8(4-2-7)9(11)12;1-2;/h3-6H,2,7-8H2,1H3;3-6,12H,2,7-8H2,1H3;1-4H,(H3,11,12,14,15);3-6H,7H2,2H3;2-5H,6H2,1H3;2-5,11H,6-7H2;1-4,10H,5-6H2,(H,11,12);;/q;;;;;;;-1;+1. The molecule has 97 heavy (non-hydrogen) atoms. The van der Waals surface area contributed by atoms with E-state index in [0.29, 0.717) is 90.2 Å². The number of aromatic amines is 1. The molecule has 510 valence electrons. The molecule has 10 aromatic rings. The second-order valence-corrected chi connectivity index (χ2v) is 20.4. The van der Waals surface area contributed by atoms with E-state index in [2.05, 4.69) is 60.4 Å². The Bertz CT molecular complexity index is 3990. The van der Waals surface area contributed by atoms with Gasteiger partial charge in [-0.15, -0.1) is 16.7 Å². The van der Waals surface area contributed by atoms with Crippen LogP contribution in [0.2, 0.25) is 0 Å². The zero-order valence-electron chi connectivity index (χ0n) is 53.2. The van der Waals surface area contributed by atoms with Gasteiger partial charge < -0.3 is 61.4 Å². The van der Waals surface area contributed by atoms with Crippen molar-refractivity contribution >= 4 is 91.4 Å². The normalized spacial score (nSPS) is 9.62. The summed E-state index contributed by atoms with van der Waals surface area (Å²) < 4.78 is 26.5. The number of alkyl halides is 1. The van der Waals surface area contributed by atoms with Gasteiger partial charge >= 0.3 is 46.9 Å². The van der Waals surface area contributed by atoms with Crippen molar-refractivity contribution in [1.29, 1.82) is 5.26 Å². The molecule has 0 amide bonds. The second-order valence-electron chi connectivity index (χ2n) is 19.1. The van der Waals surface area contributed by atoms with E-state index in [1.54, 1.807) is 111 Å². The van der Waals surface area contributed by atoms with Gasteiger partial charge in [-0.05, 0) is 134 Å². The number of anilines is 1. The third kappa shape index (κ3) is 30.1. The molecule has 0 atom stereocenters. The first-order valence-electron chi connectivity index (χ1n) is 29.1. The number of rotatable bonds is 18. The van der Waals surface area contributed by atoms with E-state index in [-0.39, 0.29) is 78.7 Å². The van der Waals surface area contributed by atoms with Gasteiger partial charge in [-0.25, -0.2) is 29.1 Å². The average Bonchev–Trinajstić information content (AvgIpc) is 1.62. The Morgan fingerprint density at radius 3 is 1.39 bits per heavy atom. The van der Waals surface area contributed by atoms with Crippen LogP contribution < -0.4 is 5.73 Å². The number of nitrogens with two attached hydrogens (primary N) is 1. The number of aryl methyl sites for hydroxylation is 1. The third-order valence-electron chi connectivity index (χ3n) is 12.6. The van der Waals surface area contributed by atoms with Crippen molar-refractivity contribution in [3.63, 3.8) is 0 Å². The first-order chi connectivity index (χ1) is 46.5. The van der Waals surface area contributed by atoms with E-state index >= 15 is 0 Å². The summed E-state index contributed by atoms with van der Waals surface area (Å²) in [6.45, 7) is 22.9. The number of carboxylic acid groups (broad SMARTS) is 1. The summed E-state index contributed by atoms with van der Waals surface area (Å²) >= 11 is 8.91. The number of nitrogens with zero attached hydrogens (tertiary/aromatic N) is 8. The molecule has 0 radical (unpaired) electrons. The number of aromatic nitrogens is 6. The van der Waals surface area contributed by atoms with Gasteiger partial charge in [-0.2, -0.15) is 14.6 Å². The first-order valence-corrected chi connectivity index (χ1v) is 30.4. The Morgan fingerprint density at radius 2 is 1.02 bits per heavy atom. The van der Waals surface area contributed by atoms with Crippen molar-refractivity contribution in [2.75, 3.05) is 58.9 Å². The molecule has 0 fully saturated rings. The van der Waals surface area contributed by atoms with Crippen molar-refractivity contribution in [3.8, 4) is 11.6 Å². The molecule has 0 bridgehead atoms. The molecule has 0 aliphatic heterocycles. The summed E-state index contributed by atoms with van der Waals surface area (Å²) in [6, 6.07) is 46.1. The van der Waals surface area contributed by atoms with Crippen LogP contribution in [0, 0.1) is 25.0 Å². The Balaban J connectivity index is 0.000000385. The zero-order chi connectivity index (χ0) is 70.6. The minimum absolute atomic E-state index is 0. The maximum Gasteiger partial charge on any atom is 1.00 e. The van der Waals surface area contributed by atoms with E-state index in [9.17, 15) is 24.0 Å². The quantitative estimate of drug-likeness (QED) is 0.0153. The number of carboxylic acids is 1. The van der Waals surface area contributed by atoms with Crippen LogP contribution in [0.5, 0.6) is 0 Å². The number of furan rings is 1. The number of aliphatic hydroxyl groups excluding tert-OH is 3. The average molecular weight is 1460 g/mol. The summed E-state index contributed by atoms with van der Waals surface area (Å²) in [6.07, 6.45) is 6.47. The van der Waals surface area contributed by atoms with Gasteiger partial charge in [-0.3, -0.25) is 14.7 Å². The van der Waals surface area contributed by atoms with E-state index in [0.717, 1.165) is 49.7 Å². The molecular weight excluding hydrogens is 1380 g/mol. The van der Waals surface area contributed by atoms with Crippen molar-refractivity contribution in [2.45, 2.75) is 52.4 Å². The Hall–Kier alpha value is -10.6. The molecule has 6 aromatic carbocycles. The van der Waals surface area contributed by atoms with Crippen LogP contribution in [0.1, 0.15) is 78.3 Å². The van der Waals surface area contributed by atoms with Crippen molar-refractivity contribution in [1.82, 2.24) is 29.8 Å². The van der Waals surface area contributed by atoms with E-state index < -0.39 is 5.97 Å². The van der Waals surface area contributed by atoms with Crippen LogP contribution in [0.15, 0.2) is 179 Å². The van der Waals surface area contributed by atoms with Crippen LogP contribution in [-0.2, 0) is 84.1 Å². The van der Waals surface area contributed by atoms with Crippen LogP contribution in [0.4, 0.5) is 17.3 Å². The fourth-order valence-corrected chi connectivity index (χ4v) is 8.19. The third-order valence-corrected chi connectivity index (χ3v) is 13.3. The Labute approximate surface area is 584 Å². The summed E-state index contributed by atoms with van der Waals surface area (Å²) in [5.41, 5.74) is 15.6. The number of aliphatic hydroxyl groups is 3. The van der Waals surface area contributed by atoms with Crippen LogP contribution >= 0.6 is 27.5 Å². The summed E-state index contributed by atoms with van der Waals surface area (Å²) in [5.74, 6) is -0.103. The predicted molar refractivity (Wildman–Crippen MR) is 363 cm³/mol. The number of nitrogen functional groups attached to an aromatic ring is 1. The Morgan fingerprint density at radius 1 is 0.619 bits per heavy atom. The predicted octanol–water partition coefficient (Wildman–Crippen LogP) is 11.8. The number of benzene rings is 6. The van der Waals surface area contributed by atoms with Gasteiger partial charge in [0.05, 0.1) is 88.0 Å². The maximum absolute atomic E-state index is 11.3. The second kappa shape index (κ2) is 47.3. The van der Waals surface area contributed by atoms with Gasteiger partial charge in [0.25, 0.3) is 0 Å². The van der Waals surface area contributed by atoms with E-state index in [1.807, 2.05) is 60.7 Å². The number of aromatic carboxylic acids is 1. The summed E-state index contributed by atoms with van der Waals surface area (Å²) in [7, 11) is 2.75. The van der Waals surface area contributed by atoms with Gasteiger partial charge in [-0.1, -0.05) is 113 Å². The summed E-state index contributed by atoms with van der Waals surface area (Å²) in [5, 5.41) is 52.4. The van der Waals surface area contributed by atoms with Crippen molar-refractivity contribution in [2.24, 2.45) is 0 Å². The molecule has 0 aliphatic rings. The van der Waals surface area contributed by atoms with E-state index in [4.69, 9.17) is 76.6 Å². The fourth-order valence-electron chi connectivity index (χ4n) is 7.71. The minimum Gasteiger partial charge on any atom is -0.512 e. The molecule has 24 nitrogen and oxygen atoms in total. The number of fused-ring (bicyclic) bond motifs is 3. The number of H-pyrrole nitrogens is 1. The number of hydrogen-bond donors (Lipinski definition) is 6. The molecule has 0 spiro atoms. The first kappa shape index (κ1) is 82.5. The van der Waals surface area contributed by atoms with E-state index in [1.165, 1.54) is 30.9 Å². The summed E-state index contributed by atoms with van der Waals surface area (Å²) in [4.78, 5) is 69.7. The number of hydrogen-bond acceptors (Lipinski definition) is 19. The van der Waals surface area contributed by atoms with Crippen LogP contribution in [0.25, 0.3) is 38.0 Å². The number of halogens is 2. The topological polar surface area (TPSA) is 347 Å². The monoisotopic (exact) mass is 1450 g/mol. The molecule has 0 saturated carbocycles. The van der Waals surface area contributed by atoms with Crippen LogP contribution in [-0.4, -0.2) is 133 Å². The number of esters is 4. The van der Waals surface area contributed by atoms with Gasteiger partial charge in [0.2, 0.25) is 11.8 Å². The number of carbonyl (C=O) groups excluding carboxylic acids is 4. The van der Waals surface area contributed by atoms with Crippen LogP contribution in [0.3, 0.4) is 0 Å². The smallest absolute Gasteiger partial charge is 0.512 e. The van der Waals surface area contributed by atoms with Gasteiger partial charge in [0.1, 0.15) is 0 Å². The molecule has 0 unspecified atom stereocenters. The molecule has 7 N–H and O–H groups in total. The zero-order valence-corrected chi connectivity index (χ0v) is 56.5. The van der Waals surface area contributed by atoms with Gasteiger partial charge in [0, 0.05) is 30.2 Å². The molecule has 10 rings (SSSR count). The number of nitrogens with one attached hydrogen (secondary N) is 1. The number of methoxy groups -OCH3 is 2. The molecule has 0 aliphatic carbocycles. The minimum atomic E-state index is -0.925. The SMILES string of the molecule is CCOC(=O)c1ccc(CCCl)cc1.CCOC(=O)c1ccc(CCO)cc1.COC(=O)Cc1ccc(Br)cc1.Nc1nc2[nH]ncc2c2nc(-c3ccco3)nn12.O=C(O)c1ccc(CCO)cc1.[C-]#N.[C-]#[N+]c1ccc(CC(=O)OC)cc1.[C-]#[N+]c1ccc(CCO)cc1.[Cu+]. The number of ether oxygens (including phenoxy) is 4. The molecule has 4 aromatic heterocycles. The number of carbonyl (C=O) groups is 5. The molecular formula is C70H71BrClCuN10O14.